The monoisotopic (exact) mass is 344 g/mol. The summed E-state index contributed by atoms with van der Waals surface area (Å²) in [6.07, 6.45) is -0.707. The van der Waals surface area contributed by atoms with Gasteiger partial charge in [0.1, 0.15) is 18.5 Å². The molecule has 130 valence electrons. The topological polar surface area (TPSA) is 107 Å². The molecule has 1 unspecified atom stereocenters. The highest BCUT2D eigenvalue weighted by atomic mass is 16.7. The zero-order valence-electron chi connectivity index (χ0n) is 13.4. The number of rotatable bonds is 6. The van der Waals surface area contributed by atoms with Crippen molar-refractivity contribution in [3.05, 3.63) is 30.3 Å². The molecule has 1 aromatic carbocycles. The van der Waals surface area contributed by atoms with Crippen molar-refractivity contribution in [3.63, 3.8) is 0 Å². The van der Waals surface area contributed by atoms with Gasteiger partial charge in [-0.25, -0.2) is 0 Å². The number of tetrazole rings is 1. The van der Waals surface area contributed by atoms with Crippen LogP contribution in [0.2, 0.25) is 0 Å². The second kappa shape index (κ2) is 6.40. The van der Waals surface area contributed by atoms with Crippen LogP contribution in [0.3, 0.4) is 0 Å². The number of benzene rings is 1. The lowest BCUT2D eigenvalue weighted by Gasteiger charge is -2.21. The maximum atomic E-state index is 10.2. The highest BCUT2D eigenvalue weighted by Gasteiger charge is 2.15. The van der Waals surface area contributed by atoms with Crippen LogP contribution in [0.1, 0.15) is 0 Å². The van der Waals surface area contributed by atoms with Crippen LogP contribution in [0.25, 0.3) is 5.65 Å². The highest BCUT2D eigenvalue weighted by molar-refractivity contribution is 5.47. The van der Waals surface area contributed by atoms with E-state index in [0.717, 1.165) is 0 Å². The van der Waals surface area contributed by atoms with E-state index < -0.39 is 6.10 Å². The Hall–Kier alpha value is -3.14. The Morgan fingerprint density at radius 2 is 2.16 bits per heavy atom. The lowest BCUT2D eigenvalue weighted by atomic mass is 10.3. The van der Waals surface area contributed by atoms with E-state index in [9.17, 15) is 5.11 Å². The third-order valence-electron chi connectivity index (χ3n) is 3.72. The lowest BCUT2D eigenvalue weighted by molar-refractivity contribution is 0.113. The lowest BCUT2D eigenvalue weighted by Crippen LogP contribution is -2.33. The first kappa shape index (κ1) is 15.4. The molecule has 0 spiro atoms. The van der Waals surface area contributed by atoms with Gasteiger partial charge in [-0.3, -0.25) is 0 Å². The summed E-state index contributed by atoms with van der Waals surface area (Å²) in [6, 6.07) is 8.84. The van der Waals surface area contributed by atoms with Crippen molar-refractivity contribution in [1.82, 2.24) is 25.3 Å². The second-order valence-corrected chi connectivity index (χ2v) is 5.58. The van der Waals surface area contributed by atoms with E-state index in [-0.39, 0.29) is 13.4 Å². The summed E-state index contributed by atoms with van der Waals surface area (Å²) in [7, 11) is 1.82. The van der Waals surface area contributed by atoms with E-state index in [4.69, 9.17) is 14.2 Å². The average Bonchev–Trinajstić information content (AvgIpc) is 3.27. The fraction of sp³-hybridized carbons (Fsp3) is 0.333. The summed E-state index contributed by atoms with van der Waals surface area (Å²) in [4.78, 5) is 1.80. The van der Waals surface area contributed by atoms with Crippen LogP contribution in [-0.4, -0.2) is 63.5 Å². The van der Waals surface area contributed by atoms with Crippen molar-refractivity contribution >= 4 is 11.5 Å². The van der Waals surface area contributed by atoms with E-state index in [0.29, 0.717) is 35.3 Å². The molecule has 0 amide bonds. The first-order chi connectivity index (χ1) is 12.2. The quantitative estimate of drug-likeness (QED) is 0.667. The first-order valence-corrected chi connectivity index (χ1v) is 7.66. The molecule has 0 saturated carbocycles. The maximum Gasteiger partial charge on any atom is 0.231 e. The molecule has 0 aliphatic carbocycles. The van der Waals surface area contributed by atoms with E-state index in [1.54, 1.807) is 35.2 Å². The minimum Gasteiger partial charge on any atom is -0.491 e. The molecule has 1 aliphatic heterocycles. The van der Waals surface area contributed by atoms with Crippen molar-refractivity contribution in [2.24, 2.45) is 0 Å². The summed E-state index contributed by atoms with van der Waals surface area (Å²) in [5, 5.41) is 25.6. The largest absolute Gasteiger partial charge is 0.491 e. The summed E-state index contributed by atoms with van der Waals surface area (Å²) < 4.78 is 17.5. The molecule has 1 N–H and O–H groups in total. The fourth-order valence-corrected chi connectivity index (χ4v) is 2.47. The molecule has 1 aliphatic rings. The SMILES string of the molecule is CN(CC(O)COc1ccc2c(c1)OCO2)c1ccc2nnnn2n1. The number of fused-ring (bicyclic) bond motifs is 2. The van der Waals surface area contributed by atoms with Crippen molar-refractivity contribution in [2.75, 3.05) is 31.9 Å². The highest BCUT2D eigenvalue weighted by Crippen LogP contribution is 2.35. The normalized spacial score (nSPS) is 13.8. The van der Waals surface area contributed by atoms with E-state index in [1.165, 1.54) is 4.63 Å². The zero-order chi connectivity index (χ0) is 17.2. The molecular formula is C15H16N6O4. The minimum absolute atomic E-state index is 0.136. The van der Waals surface area contributed by atoms with Crippen molar-refractivity contribution < 1.29 is 19.3 Å². The summed E-state index contributed by atoms with van der Waals surface area (Å²) in [6.45, 7) is 0.688. The Morgan fingerprint density at radius 1 is 1.28 bits per heavy atom. The second-order valence-electron chi connectivity index (χ2n) is 5.58. The van der Waals surface area contributed by atoms with E-state index in [1.807, 2.05) is 7.05 Å². The van der Waals surface area contributed by atoms with Gasteiger partial charge in [-0.05, 0) is 34.7 Å². The van der Waals surface area contributed by atoms with Gasteiger partial charge >= 0.3 is 0 Å². The Bertz CT molecular complexity index is 885. The van der Waals surface area contributed by atoms with Gasteiger partial charge in [0.15, 0.2) is 23.0 Å². The van der Waals surface area contributed by atoms with Gasteiger partial charge in [-0.2, -0.15) is 0 Å². The predicted molar refractivity (Wildman–Crippen MR) is 85.9 cm³/mol. The molecule has 2 aromatic heterocycles. The zero-order valence-corrected chi connectivity index (χ0v) is 13.4. The van der Waals surface area contributed by atoms with Crippen LogP contribution in [0, 0.1) is 0 Å². The summed E-state index contributed by atoms with van der Waals surface area (Å²) >= 11 is 0. The summed E-state index contributed by atoms with van der Waals surface area (Å²) in [5.41, 5.74) is 0.559. The number of anilines is 1. The van der Waals surface area contributed by atoms with Crippen molar-refractivity contribution in [3.8, 4) is 17.2 Å². The molecule has 3 aromatic rings. The molecule has 1 atom stereocenters. The Morgan fingerprint density at radius 3 is 3.08 bits per heavy atom. The molecule has 10 heteroatoms. The number of hydrogen-bond donors (Lipinski definition) is 1. The summed E-state index contributed by atoms with van der Waals surface area (Å²) in [5.74, 6) is 2.58. The Labute approximate surface area is 142 Å². The third kappa shape index (κ3) is 3.24. The van der Waals surface area contributed by atoms with Crippen molar-refractivity contribution in [2.45, 2.75) is 6.10 Å². The van der Waals surface area contributed by atoms with E-state index >= 15 is 0 Å². The Kier molecular flexibility index (Phi) is 3.94. The molecule has 4 rings (SSSR count). The van der Waals surface area contributed by atoms with Crippen LogP contribution < -0.4 is 19.1 Å². The number of ether oxygens (including phenoxy) is 3. The van der Waals surface area contributed by atoms with Crippen molar-refractivity contribution in [1.29, 1.82) is 0 Å². The molecule has 10 nitrogen and oxygen atoms in total. The number of hydrogen-bond acceptors (Lipinski definition) is 9. The smallest absolute Gasteiger partial charge is 0.231 e. The number of likely N-dealkylation sites (N-methyl/N-ethyl adjacent to an activating group) is 1. The van der Waals surface area contributed by atoms with Gasteiger partial charge in [0, 0.05) is 19.7 Å². The first-order valence-electron chi connectivity index (χ1n) is 7.66. The molecule has 0 saturated heterocycles. The van der Waals surface area contributed by atoms with Gasteiger partial charge in [-0.15, -0.1) is 14.8 Å². The molecular weight excluding hydrogens is 328 g/mol. The molecule has 25 heavy (non-hydrogen) atoms. The Balaban J connectivity index is 1.34. The third-order valence-corrected chi connectivity index (χ3v) is 3.72. The number of aliphatic hydroxyl groups is 1. The number of aromatic nitrogens is 5. The van der Waals surface area contributed by atoms with Crippen LogP contribution in [0.15, 0.2) is 30.3 Å². The molecule has 0 fully saturated rings. The fourth-order valence-electron chi connectivity index (χ4n) is 2.47. The standard InChI is InChI=1S/C15H16N6O4/c1-20(15-5-4-14-16-18-19-21(14)17-15)7-10(22)8-23-11-2-3-12-13(6-11)25-9-24-12/h2-6,10,22H,7-9H2,1H3. The van der Waals surface area contributed by atoms with Gasteiger partial charge in [-0.1, -0.05) is 0 Å². The minimum atomic E-state index is -0.707. The molecule has 0 radical (unpaired) electrons. The van der Waals surface area contributed by atoms with Gasteiger partial charge in [0.25, 0.3) is 0 Å². The van der Waals surface area contributed by atoms with Crippen LogP contribution in [-0.2, 0) is 0 Å². The van der Waals surface area contributed by atoms with Gasteiger partial charge in [0.05, 0.1) is 0 Å². The molecule has 3 heterocycles. The maximum absolute atomic E-state index is 10.2. The van der Waals surface area contributed by atoms with Crippen LogP contribution in [0.4, 0.5) is 5.82 Å². The van der Waals surface area contributed by atoms with Gasteiger partial charge in [0.2, 0.25) is 6.79 Å². The van der Waals surface area contributed by atoms with Gasteiger partial charge < -0.3 is 24.2 Å². The predicted octanol–water partition coefficient (Wildman–Crippen LogP) is 0.124. The van der Waals surface area contributed by atoms with E-state index in [2.05, 4.69) is 20.6 Å². The molecule has 0 bridgehead atoms. The number of nitrogens with zero attached hydrogens (tertiary/aromatic N) is 6. The van der Waals surface area contributed by atoms with Crippen LogP contribution >= 0.6 is 0 Å². The number of aliphatic hydroxyl groups excluding tert-OH is 1. The van der Waals surface area contributed by atoms with Crippen LogP contribution in [0.5, 0.6) is 17.2 Å². The average molecular weight is 344 g/mol.